The van der Waals surface area contributed by atoms with E-state index in [0.717, 1.165) is 45.4 Å². The number of pyridine rings is 1. The molecule has 3 nitrogen and oxygen atoms in total. The van der Waals surface area contributed by atoms with Gasteiger partial charge in [-0.2, -0.15) is 0 Å². The van der Waals surface area contributed by atoms with Crippen molar-refractivity contribution in [1.82, 2.24) is 4.98 Å². The number of hydrogen-bond donors (Lipinski definition) is 0. The molecule has 0 unspecified atom stereocenters. The molecule has 64 heavy (non-hydrogen) atoms. The first-order valence-electron chi connectivity index (χ1n) is 22.0. The number of fused-ring (bicyclic) bond motifs is 2. The van der Waals surface area contributed by atoms with Crippen LogP contribution < -0.4 is 9.80 Å². The Morgan fingerprint density at radius 3 is 1.30 bits per heavy atom. The second-order valence-electron chi connectivity index (χ2n) is 17.0. The van der Waals surface area contributed by atoms with Crippen LogP contribution >= 0.6 is 0 Å². The Labute approximate surface area is 373 Å². The Bertz CT molecular complexity index is 3540. The molecule has 1 heterocycles. The second kappa shape index (κ2) is 15.3. The molecule has 3 heteroatoms. The minimum absolute atomic E-state index is 0.948. The van der Waals surface area contributed by atoms with Crippen molar-refractivity contribution in [3.63, 3.8) is 0 Å². The van der Waals surface area contributed by atoms with Crippen molar-refractivity contribution in [2.24, 2.45) is 0 Å². The predicted octanol–water partition coefficient (Wildman–Crippen LogP) is 17.2. The molecule has 302 valence electrons. The molecule has 12 aromatic rings. The Morgan fingerprint density at radius 2 is 0.750 bits per heavy atom. The highest BCUT2D eigenvalue weighted by Gasteiger charge is 2.20. The van der Waals surface area contributed by atoms with Crippen LogP contribution in [0.15, 0.2) is 225 Å². The molecule has 0 atom stereocenters. The molecule has 0 saturated carbocycles. The lowest BCUT2D eigenvalue weighted by Gasteiger charge is -2.26. The molecule has 0 bridgehead atoms. The molecule has 12 rings (SSSR count). The summed E-state index contributed by atoms with van der Waals surface area (Å²) in [4.78, 5) is 9.86. The molecule has 0 spiro atoms. The Morgan fingerprint density at radius 1 is 0.312 bits per heavy atom. The Balaban J connectivity index is 0.963. The molecule has 0 aliphatic heterocycles. The number of aromatic nitrogens is 1. The fourth-order valence-electron chi connectivity index (χ4n) is 9.69. The van der Waals surface area contributed by atoms with Crippen molar-refractivity contribution in [3.8, 4) is 22.4 Å². The third kappa shape index (κ3) is 6.49. The minimum atomic E-state index is 0.948. The SMILES string of the molecule is Cc1ccc(N(c2ccc(C)cc2)c2ccc(-c3cc4cccc5cc(-c6ccc(N(c7ccc8ccccc8c7)c7ccc8ccccc8c7)cc6)c6cccc3c6c54)nc2)cc1. The van der Waals surface area contributed by atoms with Gasteiger partial charge < -0.3 is 9.80 Å². The first-order chi connectivity index (χ1) is 31.5. The summed E-state index contributed by atoms with van der Waals surface area (Å²) in [5, 5.41) is 12.3. The van der Waals surface area contributed by atoms with Crippen LogP contribution in [0.25, 0.3) is 76.2 Å². The van der Waals surface area contributed by atoms with Gasteiger partial charge in [0.1, 0.15) is 0 Å². The Hall–Kier alpha value is -8.27. The van der Waals surface area contributed by atoms with E-state index in [4.69, 9.17) is 4.98 Å². The summed E-state index contributed by atoms with van der Waals surface area (Å²) in [5.74, 6) is 0. The molecule has 0 aliphatic rings. The maximum absolute atomic E-state index is 5.21. The molecule has 0 N–H and O–H groups in total. The summed E-state index contributed by atoms with van der Waals surface area (Å²) in [6.07, 6.45) is 2.02. The van der Waals surface area contributed by atoms with Crippen LogP contribution in [0.1, 0.15) is 11.1 Å². The lowest BCUT2D eigenvalue weighted by atomic mass is 9.86. The Kier molecular flexibility index (Phi) is 8.94. The number of rotatable bonds is 8. The molecule has 0 aliphatic carbocycles. The van der Waals surface area contributed by atoms with E-state index >= 15 is 0 Å². The number of aryl methyl sites for hydroxylation is 2. The van der Waals surface area contributed by atoms with E-state index in [-0.39, 0.29) is 0 Å². The van der Waals surface area contributed by atoms with Crippen LogP contribution in [0.2, 0.25) is 0 Å². The zero-order valence-corrected chi connectivity index (χ0v) is 35.7. The van der Waals surface area contributed by atoms with E-state index in [9.17, 15) is 0 Å². The van der Waals surface area contributed by atoms with Gasteiger partial charge in [0.25, 0.3) is 0 Å². The van der Waals surface area contributed by atoms with Crippen molar-refractivity contribution in [2.45, 2.75) is 13.8 Å². The molecule has 0 amide bonds. The molecule has 11 aromatic carbocycles. The van der Waals surface area contributed by atoms with Gasteiger partial charge in [0.15, 0.2) is 0 Å². The van der Waals surface area contributed by atoms with Gasteiger partial charge in [0.2, 0.25) is 0 Å². The van der Waals surface area contributed by atoms with Gasteiger partial charge in [0.05, 0.1) is 17.6 Å². The zero-order chi connectivity index (χ0) is 42.7. The number of hydrogen-bond acceptors (Lipinski definition) is 3. The average molecular weight is 818 g/mol. The fraction of sp³-hybridized carbons (Fsp3) is 0.0328. The minimum Gasteiger partial charge on any atom is -0.310 e. The highest BCUT2D eigenvalue weighted by atomic mass is 15.1. The van der Waals surface area contributed by atoms with Crippen molar-refractivity contribution >= 4 is 88.0 Å². The van der Waals surface area contributed by atoms with Gasteiger partial charge in [-0.1, -0.05) is 145 Å². The summed E-state index contributed by atoms with van der Waals surface area (Å²) in [6, 6.07) is 79.7. The summed E-state index contributed by atoms with van der Waals surface area (Å²) in [7, 11) is 0. The standard InChI is InChI=1S/C61H43N3/c1-40-17-25-49(26-18-40)63(50-27-19-41(2)20-28-50)54-33-34-59(62-39-54)58-38-48-14-7-13-47-37-57(55-15-8-16-56(58)61(55)60(47)48)44-23-29-51(30-24-44)64(52-31-21-42-9-3-5-11-45(42)35-52)53-32-22-43-10-4-6-12-46(43)36-53/h3-39H,1-2H3. The highest BCUT2D eigenvalue weighted by molar-refractivity contribution is 6.29. The van der Waals surface area contributed by atoms with Gasteiger partial charge in [-0.05, 0) is 164 Å². The van der Waals surface area contributed by atoms with E-state index in [1.807, 2.05) is 6.20 Å². The van der Waals surface area contributed by atoms with E-state index in [2.05, 4.69) is 242 Å². The van der Waals surface area contributed by atoms with Crippen molar-refractivity contribution in [1.29, 1.82) is 0 Å². The van der Waals surface area contributed by atoms with Crippen molar-refractivity contribution < 1.29 is 0 Å². The quantitative estimate of drug-likeness (QED) is 0.142. The fourth-order valence-corrected chi connectivity index (χ4v) is 9.69. The topological polar surface area (TPSA) is 19.4 Å². The van der Waals surface area contributed by atoms with Crippen LogP contribution in [-0.4, -0.2) is 4.98 Å². The maximum atomic E-state index is 5.21. The van der Waals surface area contributed by atoms with Crippen LogP contribution in [0.5, 0.6) is 0 Å². The molecule has 1 aromatic heterocycles. The number of nitrogens with zero attached hydrogens (tertiary/aromatic N) is 3. The van der Waals surface area contributed by atoms with Crippen LogP contribution in [0.4, 0.5) is 34.1 Å². The molecular weight excluding hydrogens is 775 g/mol. The molecule has 0 radical (unpaired) electrons. The summed E-state index contributed by atoms with van der Waals surface area (Å²) in [6.45, 7) is 4.25. The lowest BCUT2D eigenvalue weighted by Crippen LogP contribution is -2.10. The monoisotopic (exact) mass is 817 g/mol. The molecular formula is C61H43N3. The summed E-state index contributed by atoms with van der Waals surface area (Å²) >= 11 is 0. The van der Waals surface area contributed by atoms with E-state index in [0.29, 0.717) is 0 Å². The largest absolute Gasteiger partial charge is 0.310 e. The first-order valence-corrected chi connectivity index (χ1v) is 22.0. The lowest BCUT2D eigenvalue weighted by molar-refractivity contribution is 1.22. The summed E-state index contributed by atoms with van der Waals surface area (Å²) in [5.41, 5.74) is 13.5. The van der Waals surface area contributed by atoms with Crippen LogP contribution in [-0.2, 0) is 0 Å². The number of benzene rings is 11. The van der Waals surface area contributed by atoms with Gasteiger partial charge in [-0.25, -0.2) is 0 Å². The van der Waals surface area contributed by atoms with E-state index in [1.165, 1.54) is 76.1 Å². The van der Waals surface area contributed by atoms with Gasteiger partial charge in [0, 0.05) is 34.0 Å². The third-order valence-electron chi connectivity index (χ3n) is 12.9. The molecule has 0 saturated heterocycles. The van der Waals surface area contributed by atoms with E-state index in [1.54, 1.807) is 0 Å². The molecule has 0 fully saturated rings. The highest BCUT2D eigenvalue weighted by Crippen LogP contribution is 2.45. The summed E-state index contributed by atoms with van der Waals surface area (Å²) < 4.78 is 0. The zero-order valence-electron chi connectivity index (χ0n) is 35.7. The predicted molar refractivity (Wildman–Crippen MR) is 273 cm³/mol. The second-order valence-corrected chi connectivity index (χ2v) is 17.0. The van der Waals surface area contributed by atoms with Crippen molar-refractivity contribution in [2.75, 3.05) is 9.80 Å². The van der Waals surface area contributed by atoms with Gasteiger partial charge in [-0.3, -0.25) is 4.98 Å². The van der Waals surface area contributed by atoms with Gasteiger partial charge in [-0.15, -0.1) is 0 Å². The van der Waals surface area contributed by atoms with Crippen LogP contribution in [0.3, 0.4) is 0 Å². The van der Waals surface area contributed by atoms with E-state index < -0.39 is 0 Å². The normalized spacial score (nSPS) is 11.6. The van der Waals surface area contributed by atoms with Crippen LogP contribution in [0, 0.1) is 13.8 Å². The smallest absolute Gasteiger partial charge is 0.0710 e. The average Bonchev–Trinajstić information content (AvgIpc) is 3.35. The van der Waals surface area contributed by atoms with Crippen molar-refractivity contribution in [3.05, 3.63) is 236 Å². The first kappa shape index (κ1) is 37.5. The maximum Gasteiger partial charge on any atom is 0.0710 e. The third-order valence-corrected chi connectivity index (χ3v) is 12.9. The number of anilines is 6. The van der Waals surface area contributed by atoms with Gasteiger partial charge >= 0.3 is 0 Å².